The van der Waals surface area contributed by atoms with Crippen LogP contribution in [-0.4, -0.2) is 79.2 Å². The standard InChI is InChI=1S/C25H43N3O4/c1-8-10-21(22(9-2)32-7)28(6)23(30)17-26-25(31)24(18(3)4)27(5)16-15-19-11-13-20(29)14-12-19/h11-14,18,21-22,24,29H,8-10,15-17H2,1-7H3,(H,26,31). The number of hydrogen-bond donors (Lipinski definition) is 2. The van der Waals surface area contributed by atoms with E-state index in [1.807, 2.05) is 37.9 Å². The molecule has 1 aromatic carbocycles. The molecule has 0 aliphatic carbocycles. The van der Waals surface area contributed by atoms with Crippen molar-refractivity contribution in [3.8, 4) is 5.75 Å². The number of rotatable bonds is 14. The molecule has 0 bridgehead atoms. The number of methoxy groups -OCH3 is 1. The molecule has 2 amide bonds. The number of nitrogens with one attached hydrogen (secondary N) is 1. The van der Waals surface area contributed by atoms with E-state index in [9.17, 15) is 14.7 Å². The molecular weight excluding hydrogens is 406 g/mol. The number of amides is 2. The van der Waals surface area contributed by atoms with Gasteiger partial charge in [-0.15, -0.1) is 0 Å². The highest BCUT2D eigenvalue weighted by Gasteiger charge is 2.29. The van der Waals surface area contributed by atoms with E-state index in [0.29, 0.717) is 6.54 Å². The molecule has 7 nitrogen and oxygen atoms in total. The lowest BCUT2D eigenvalue weighted by Gasteiger charge is -2.34. The lowest BCUT2D eigenvalue weighted by Crippen LogP contribution is -2.52. The number of phenols is 1. The Bertz CT molecular complexity index is 689. The Hall–Kier alpha value is -2.12. The first-order valence-corrected chi connectivity index (χ1v) is 11.7. The summed E-state index contributed by atoms with van der Waals surface area (Å²) in [5, 5.41) is 12.3. The summed E-state index contributed by atoms with van der Waals surface area (Å²) in [5.74, 6) is 0.0916. The summed E-state index contributed by atoms with van der Waals surface area (Å²) in [5.41, 5.74) is 1.10. The number of likely N-dealkylation sites (N-methyl/N-ethyl adjacent to an activating group) is 2. The largest absolute Gasteiger partial charge is 0.508 e. The summed E-state index contributed by atoms with van der Waals surface area (Å²) >= 11 is 0. The quantitative estimate of drug-likeness (QED) is 0.456. The average Bonchev–Trinajstić information content (AvgIpc) is 2.76. The maximum absolute atomic E-state index is 13.0. The van der Waals surface area contributed by atoms with Gasteiger partial charge in [-0.3, -0.25) is 14.5 Å². The molecule has 2 N–H and O–H groups in total. The van der Waals surface area contributed by atoms with Gasteiger partial charge in [0.1, 0.15) is 5.75 Å². The molecule has 1 aromatic rings. The van der Waals surface area contributed by atoms with Crippen molar-refractivity contribution in [2.24, 2.45) is 5.92 Å². The van der Waals surface area contributed by atoms with Crippen molar-refractivity contribution < 1.29 is 19.4 Å². The van der Waals surface area contributed by atoms with Crippen LogP contribution in [0, 0.1) is 5.92 Å². The minimum absolute atomic E-state index is 0.00622. The fraction of sp³-hybridized carbons (Fsp3) is 0.680. The number of carbonyl (C=O) groups is 2. The van der Waals surface area contributed by atoms with Gasteiger partial charge in [0.05, 0.1) is 24.7 Å². The van der Waals surface area contributed by atoms with Crippen LogP contribution in [0.1, 0.15) is 52.5 Å². The zero-order valence-electron chi connectivity index (χ0n) is 20.9. The Morgan fingerprint density at radius 2 is 1.75 bits per heavy atom. The van der Waals surface area contributed by atoms with Crippen LogP contribution in [0.3, 0.4) is 0 Å². The van der Waals surface area contributed by atoms with E-state index in [0.717, 1.165) is 31.2 Å². The Balaban J connectivity index is 2.70. The van der Waals surface area contributed by atoms with Gasteiger partial charge in [0, 0.05) is 20.7 Å². The van der Waals surface area contributed by atoms with Gasteiger partial charge >= 0.3 is 0 Å². The summed E-state index contributed by atoms with van der Waals surface area (Å²) < 4.78 is 5.58. The lowest BCUT2D eigenvalue weighted by molar-refractivity contribution is -0.137. The number of nitrogens with zero attached hydrogens (tertiary/aromatic N) is 2. The molecule has 32 heavy (non-hydrogen) atoms. The fourth-order valence-electron chi connectivity index (χ4n) is 4.22. The second kappa shape index (κ2) is 14.1. The first-order chi connectivity index (χ1) is 15.2. The van der Waals surface area contributed by atoms with E-state index in [-0.39, 0.29) is 48.2 Å². The van der Waals surface area contributed by atoms with Gasteiger partial charge in [0.2, 0.25) is 11.8 Å². The minimum atomic E-state index is -0.334. The Labute approximate surface area is 194 Å². The molecule has 0 aliphatic heterocycles. The van der Waals surface area contributed by atoms with Crippen molar-refractivity contribution in [1.29, 1.82) is 0 Å². The summed E-state index contributed by atoms with van der Waals surface area (Å²) in [6.45, 7) is 8.84. The van der Waals surface area contributed by atoms with E-state index < -0.39 is 0 Å². The third kappa shape index (κ3) is 8.43. The number of ether oxygens (including phenoxy) is 1. The molecule has 182 valence electrons. The molecule has 0 radical (unpaired) electrons. The highest BCUT2D eigenvalue weighted by molar-refractivity contribution is 5.87. The molecule has 3 unspecified atom stereocenters. The summed E-state index contributed by atoms with van der Waals surface area (Å²) in [6.07, 6.45) is 3.39. The third-order valence-corrected chi connectivity index (χ3v) is 6.09. The van der Waals surface area contributed by atoms with E-state index in [1.54, 1.807) is 31.2 Å². The van der Waals surface area contributed by atoms with Crippen molar-refractivity contribution in [2.45, 2.75) is 71.6 Å². The van der Waals surface area contributed by atoms with Gasteiger partial charge in [-0.05, 0) is 49.9 Å². The van der Waals surface area contributed by atoms with Gasteiger partial charge in [0.25, 0.3) is 0 Å². The van der Waals surface area contributed by atoms with Crippen molar-refractivity contribution in [2.75, 3.05) is 34.3 Å². The van der Waals surface area contributed by atoms with Crippen LogP contribution in [0.5, 0.6) is 5.75 Å². The number of phenolic OH excluding ortho intramolecular Hbond substituents is 1. The van der Waals surface area contributed by atoms with Crippen molar-refractivity contribution in [3.05, 3.63) is 29.8 Å². The molecule has 0 heterocycles. The second-order valence-corrected chi connectivity index (χ2v) is 8.85. The average molecular weight is 450 g/mol. The van der Waals surface area contributed by atoms with Gasteiger partial charge in [-0.2, -0.15) is 0 Å². The Kier molecular flexibility index (Phi) is 12.3. The maximum atomic E-state index is 13.0. The third-order valence-electron chi connectivity index (χ3n) is 6.09. The normalized spacial score (nSPS) is 14.3. The van der Waals surface area contributed by atoms with E-state index in [4.69, 9.17) is 4.74 Å². The first-order valence-electron chi connectivity index (χ1n) is 11.7. The van der Waals surface area contributed by atoms with Gasteiger partial charge in [-0.1, -0.05) is 46.2 Å². The summed E-state index contributed by atoms with van der Waals surface area (Å²) in [6, 6.07) is 6.77. The molecule has 0 spiro atoms. The van der Waals surface area contributed by atoms with Crippen LogP contribution in [0.15, 0.2) is 24.3 Å². The molecule has 0 aliphatic rings. The lowest BCUT2D eigenvalue weighted by atomic mass is 10.0. The van der Waals surface area contributed by atoms with Gasteiger partial charge in [-0.25, -0.2) is 0 Å². The van der Waals surface area contributed by atoms with Crippen LogP contribution in [0.4, 0.5) is 0 Å². The summed E-state index contributed by atoms with van der Waals surface area (Å²) in [7, 11) is 5.40. The van der Waals surface area contributed by atoms with E-state index in [2.05, 4.69) is 19.2 Å². The predicted molar refractivity (Wildman–Crippen MR) is 129 cm³/mol. The van der Waals surface area contributed by atoms with Gasteiger partial charge < -0.3 is 20.1 Å². The predicted octanol–water partition coefficient (Wildman–Crippen LogP) is 3.06. The maximum Gasteiger partial charge on any atom is 0.242 e. The van der Waals surface area contributed by atoms with Crippen LogP contribution >= 0.6 is 0 Å². The minimum Gasteiger partial charge on any atom is -0.508 e. The molecule has 1 rings (SSSR count). The second-order valence-electron chi connectivity index (χ2n) is 8.85. The van der Waals surface area contributed by atoms with E-state index in [1.165, 1.54) is 0 Å². The molecule has 0 saturated heterocycles. The van der Waals surface area contributed by atoms with Crippen molar-refractivity contribution in [3.63, 3.8) is 0 Å². The smallest absolute Gasteiger partial charge is 0.242 e. The number of hydrogen-bond acceptors (Lipinski definition) is 5. The first kappa shape index (κ1) is 27.9. The molecule has 3 atom stereocenters. The van der Waals surface area contributed by atoms with Crippen LogP contribution < -0.4 is 5.32 Å². The zero-order valence-corrected chi connectivity index (χ0v) is 20.9. The molecular formula is C25H43N3O4. The number of carbonyl (C=O) groups excluding carboxylic acids is 2. The van der Waals surface area contributed by atoms with E-state index >= 15 is 0 Å². The monoisotopic (exact) mass is 449 g/mol. The highest BCUT2D eigenvalue weighted by atomic mass is 16.5. The molecule has 0 fully saturated rings. The SMILES string of the molecule is CCCC(C(CC)OC)N(C)C(=O)CNC(=O)C(C(C)C)N(C)CCc1ccc(O)cc1. The Morgan fingerprint density at radius 1 is 1.12 bits per heavy atom. The van der Waals surface area contributed by atoms with Crippen LogP contribution in [-0.2, 0) is 20.7 Å². The highest BCUT2D eigenvalue weighted by Crippen LogP contribution is 2.16. The van der Waals surface area contributed by atoms with Crippen LogP contribution in [0.2, 0.25) is 0 Å². The fourth-order valence-corrected chi connectivity index (χ4v) is 4.22. The van der Waals surface area contributed by atoms with Crippen molar-refractivity contribution in [1.82, 2.24) is 15.1 Å². The topological polar surface area (TPSA) is 82.1 Å². The zero-order chi connectivity index (χ0) is 24.3. The van der Waals surface area contributed by atoms with Crippen LogP contribution in [0.25, 0.3) is 0 Å². The van der Waals surface area contributed by atoms with Gasteiger partial charge in [0.15, 0.2) is 0 Å². The Morgan fingerprint density at radius 3 is 2.25 bits per heavy atom. The molecule has 0 saturated carbocycles. The summed E-state index contributed by atoms with van der Waals surface area (Å²) in [4.78, 5) is 29.5. The molecule has 7 heteroatoms. The van der Waals surface area contributed by atoms with Crippen molar-refractivity contribution >= 4 is 11.8 Å². The molecule has 0 aromatic heterocycles. The number of benzene rings is 1. The number of aromatic hydroxyl groups is 1.